The van der Waals surface area contributed by atoms with Crippen LogP contribution in [0.25, 0.3) is 0 Å². The van der Waals surface area contributed by atoms with Crippen LogP contribution in [0.4, 0.5) is 0 Å². The maximum absolute atomic E-state index is 12.0. The molecule has 0 unspecified atom stereocenters. The number of hydrogen-bond acceptors (Lipinski definition) is 5. The molecule has 1 N–H and O–H groups in total. The SMILES string of the molecule is CC[C@@H](C)[C@H](NC(=O)COC(=O)c1ccc(C)c(C)c1)C(=O)OC. The summed E-state index contributed by atoms with van der Waals surface area (Å²) in [4.78, 5) is 35.7. The Morgan fingerprint density at radius 2 is 1.83 bits per heavy atom. The molecule has 0 aliphatic carbocycles. The van der Waals surface area contributed by atoms with Crippen molar-refractivity contribution in [3.63, 3.8) is 0 Å². The van der Waals surface area contributed by atoms with Crippen molar-refractivity contribution in [2.24, 2.45) is 5.92 Å². The molecule has 0 radical (unpaired) electrons. The first-order chi connectivity index (χ1) is 11.3. The minimum absolute atomic E-state index is 0.0863. The molecule has 0 aliphatic heterocycles. The quantitative estimate of drug-likeness (QED) is 0.772. The maximum atomic E-state index is 12.0. The Hall–Kier alpha value is -2.37. The Morgan fingerprint density at radius 3 is 2.38 bits per heavy atom. The third-order valence-corrected chi connectivity index (χ3v) is 4.06. The smallest absolute Gasteiger partial charge is 0.338 e. The molecule has 6 heteroatoms. The van der Waals surface area contributed by atoms with E-state index in [0.29, 0.717) is 12.0 Å². The molecule has 0 aromatic heterocycles. The number of rotatable bonds is 7. The zero-order chi connectivity index (χ0) is 18.3. The minimum Gasteiger partial charge on any atom is -0.467 e. The van der Waals surface area contributed by atoms with Crippen LogP contribution in [-0.4, -0.2) is 37.6 Å². The van der Waals surface area contributed by atoms with Crippen molar-refractivity contribution in [2.75, 3.05) is 13.7 Å². The van der Waals surface area contributed by atoms with Crippen molar-refractivity contribution in [3.8, 4) is 0 Å². The molecule has 6 nitrogen and oxygen atoms in total. The topological polar surface area (TPSA) is 81.7 Å². The molecule has 0 saturated carbocycles. The van der Waals surface area contributed by atoms with Crippen LogP contribution < -0.4 is 5.32 Å². The molecule has 0 aliphatic rings. The zero-order valence-corrected chi connectivity index (χ0v) is 14.8. The average Bonchev–Trinajstić information content (AvgIpc) is 2.58. The second-order valence-electron chi connectivity index (χ2n) is 5.83. The third kappa shape index (κ3) is 5.37. The van der Waals surface area contributed by atoms with E-state index in [2.05, 4.69) is 5.32 Å². The predicted octanol–water partition coefficient (Wildman–Crippen LogP) is 2.16. The minimum atomic E-state index is -0.757. The monoisotopic (exact) mass is 335 g/mol. The van der Waals surface area contributed by atoms with E-state index in [1.165, 1.54) is 7.11 Å². The fourth-order valence-electron chi connectivity index (χ4n) is 2.09. The Morgan fingerprint density at radius 1 is 1.17 bits per heavy atom. The number of amides is 1. The number of carbonyl (C=O) groups is 3. The van der Waals surface area contributed by atoms with Gasteiger partial charge in [-0.05, 0) is 43.0 Å². The normalized spacial score (nSPS) is 12.9. The molecule has 1 amide bonds. The predicted molar refractivity (Wildman–Crippen MR) is 89.6 cm³/mol. The Labute approximate surface area is 142 Å². The van der Waals surface area contributed by atoms with Gasteiger partial charge in [-0.2, -0.15) is 0 Å². The molecule has 0 bridgehead atoms. The molecular weight excluding hydrogens is 310 g/mol. The standard InChI is InChI=1S/C18H25NO5/c1-6-11(2)16(18(22)23-5)19-15(20)10-24-17(21)14-8-7-12(3)13(4)9-14/h7-9,11,16H,6,10H2,1-5H3,(H,19,20)/t11-,16+/m1/s1. The van der Waals surface area contributed by atoms with Gasteiger partial charge in [0.05, 0.1) is 12.7 Å². The van der Waals surface area contributed by atoms with E-state index in [9.17, 15) is 14.4 Å². The highest BCUT2D eigenvalue weighted by Gasteiger charge is 2.27. The van der Waals surface area contributed by atoms with E-state index in [4.69, 9.17) is 9.47 Å². The van der Waals surface area contributed by atoms with Crippen molar-refractivity contribution in [2.45, 2.75) is 40.2 Å². The number of esters is 2. The number of ether oxygens (including phenoxy) is 2. The van der Waals surface area contributed by atoms with Gasteiger partial charge in [0.1, 0.15) is 6.04 Å². The van der Waals surface area contributed by atoms with E-state index < -0.39 is 30.5 Å². The van der Waals surface area contributed by atoms with Crippen LogP contribution in [0, 0.1) is 19.8 Å². The summed E-state index contributed by atoms with van der Waals surface area (Å²) in [6.45, 7) is 7.14. The molecule has 0 spiro atoms. The summed E-state index contributed by atoms with van der Waals surface area (Å²) in [5.41, 5.74) is 2.42. The van der Waals surface area contributed by atoms with Gasteiger partial charge >= 0.3 is 11.9 Å². The van der Waals surface area contributed by atoms with Gasteiger partial charge in [0.2, 0.25) is 0 Å². The molecule has 2 atom stereocenters. The van der Waals surface area contributed by atoms with Crippen molar-refractivity contribution in [1.82, 2.24) is 5.32 Å². The first-order valence-corrected chi connectivity index (χ1v) is 7.91. The highest BCUT2D eigenvalue weighted by molar-refractivity contribution is 5.92. The van der Waals surface area contributed by atoms with Gasteiger partial charge in [-0.3, -0.25) is 4.79 Å². The molecule has 24 heavy (non-hydrogen) atoms. The van der Waals surface area contributed by atoms with E-state index in [-0.39, 0.29) is 5.92 Å². The van der Waals surface area contributed by atoms with E-state index >= 15 is 0 Å². The van der Waals surface area contributed by atoms with Crippen LogP contribution in [0.2, 0.25) is 0 Å². The maximum Gasteiger partial charge on any atom is 0.338 e. The average molecular weight is 335 g/mol. The van der Waals surface area contributed by atoms with Gasteiger partial charge in [0, 0.05) is 0 Å². The number of benzene rings is 1. The summed E-state index contributed by atoms with van der Waals surface area (Å²) in [7, 11) is 1.27. The highest BCUT2D eigenvalue weighted by atomic mass is 16.5. The summed E-state index contributed by atoms with van der Waals surface area (Å²) >= 11 is 0. The van der Waals surface area contributed by atoms with Gasteiger partial charge in [-0.25, -0.2) is 9.59 Å². The van der Waals surface area contributed by atoms with Gasteiger partial charge in [-0.15, -0.1) is 0 Å². The van der Waals surface area contributed by atoms with Crippen molar-refractivity contribution >= 4 is 17.8 Å². The van der Waals surface area contributed by atoms with E-state index in [1.54, 1.807) is 12.1 Å². The lowest BCUT2D eigenvalue weighted by molar-refractivity contribution is -0.147. The summed E-state index contributed by atoms with van der Waals surface area (Å²) in [5, 5.41) is 2.56. The molecule has 0 saturated heterocycles. The molecule has 0 fully saturated rings. The molecule has 1 aromatic carbocycles. The lowest BCUT2D eigenvalue weighted by Gasteiger charge is -2.21. The fourth-order valence-corrected chi connectivity index (χ4v) is 2.09. The fraction of sp³-hybridized carbons (Fsp3) is 0.500. The van der Waals surface area contributed by atoms with Crippen LogP contribution in [-0.2, 0) is 19.1 Å². The Balaban J connectivity index is 2.62. The summed E-state index contributed by atoms with van der Waals surface area (Å²) in [6.07, 6.45) is 0.697. The summed E-state index contributed by atoms with van der Waals surface area (Å²) in [6, 6.07) is 4.43. The number of hydrogen-bond donors (Lipinski definition) is 1. The van der Waals surface area contributed by atoms with Crippen LogP contribution >= 0.6 is 0 Å². The summed E-state index contributed by atoms with van der Waals surface area (Å²) in [5.74, 6) is -1.72. The van der Waals surface area contributed by atoms with E-state index in [0.717, 1.165) is 11.1 Å². The first-order valence-electron chi connectivity index (χ1n) is 7.91. The van der Waals surface area contributed by atoms with Gasteiger partial charge in [-0.1, -0.05) is 26.3 Å². The van der Waals surface area contributed by atoms with Crippen LogP contribution in [0.5, 0.6) is 0 Å². The second kappa shape index (κ2) is 9.05. The van der Waals surface area contributed by atoms with Gasteiger partial charge in [0.25, 0.3) is 5.91 Å². The number of aryl methyl sites for hydroxylation is 2. The van der Waals surface area contributed by atoms with Crippen LogP contribution in [0.1, 0.15) is 41.8 Å². The molecular formula is C18H25NO5. The highest BCUT2D eigenvalue weighted by Crippen LogP contribution is 2.11. The van der Waals surface area contributed by atoms with Crippen molar-refractivity contribution in [1.29, 1.82) is 0 Å². The van der Waals surface area contributed by atoms with Crippen molar-refractivity contribution in [3.05, 3.63) is 34.9 Å². The lowest BCUT2D eigenvalue weighted by atomic mass is 9.99. The zero-order valence-electron chi connectivity index (χ0n) is 14.8. The van der Waals surface area contributed by atoms with Gasteiger partial charge in [0.15, 0.2) is 6.61 Å². The molecule has 1 aromatic rings. The third-order valence-electron chi connectivity index (χ3n) is 4.06. The number of nitrogens with one attached hydrogen (secondary N) is 1. The van der Waals surface area contributed by atoms with Crippen LogP contribution in [0.3, 0.4) is 0 Å². The second-order valence-corrected chi connectivity index (χ2v) is 5.83. The largest absolute Gasteiger partial charge is 0.467 e. The molecule has 1 rings (SSSR count). The molecule has 0 heterocycles. The van der Waals surface area contributed by atoms with Gasteiger partial charge < -0.3 is 14.8 Å². The summed E-state index contributed by atoms with van der Waals surface area (Å²) < 4.78 is 9.70. The Kier molecular flexibility index (Phi) is 7.42. The van der Waals surface area contributed by atoms with E-state index in [1.807, 2.05) is 33.8 Å². The lowest BCUT2D eigenvalue weighted by Crippen LogP contribution is -2.47. The van der Waals surface area contributed by atoms with Crippen molar-refractivity contribution < 1.29 is 23.9 Å². The number of carbonyl (C=O) groups excluding carboxylic acids is 3. The molecule has 132 valence electrons. The first kappa shape index (κ1) is 19.7. The Bertz CT molecular complexity index is 611. The number of methoxy groups -OCH3 is 1. The van der Waals surface area contributed by atoms with Crippen LogP contribution in [0.15, 0.2) is 18.2 Å².